The topological polar surface area (TPSA) is 0 Å². The smallest absolute Gasteiger partial charge is 0.0383 e. The van der Waals surface area contributed by atoms with Crippen LogP contribution in [0.2, 0.25) is 0 Å². The Kier molecular flexibility index (Phi) is 8.19. The second-order valence-electron chi connectivity index (χ2n) is 10.2. The van der Waals surface area contributed by atoms with E-state index >= 15 is 0 Å². The van der Waals surface area contributed by atoms with E-state index in [9.17, 15) is 0 Å². The maximum atomic E-state index is 2.42. The van der Waals surface area contributed by atoms with Crippen LogP contribution < -0.4 is 0 Å². The van der Waals surface area contributed by atoms with E-state index in [0.717, 1.165) is 35.5 Å². The van der Waals surface area contributed by atoms with Gasteiger partial charge >= 0.3 is 0 Å². The van der Waals surface area contributed by atoms with E-state index in [-0.39, 0.29) is 0 Å². The van der Waals surface area contributed by atoms with E-state index in [0.29, 0.717) is 0 Å². The Balaban J connectivity index is 1.35. The van der Waals surface area contributed by atoms with E-state index in [1.54, 1.807) is 64.2 Å². The molecule has 0 aromatic heterocycles. The third-order valence-electron chi connectivity index (χ3n) is 8.66. The third kappa shape index (κ3) is 5.74. The Morgan fingerprint density at radius 1 is 0.560 bits per heavy atom. The minimum absolute atomic E-state index is 1.07. The predicted molar refractivity (Wildman–Crippen MR) is 111 cm³/mol. The molecule has 0 bridgehead atoms. The van der Waals surface area contributed by atoms with E-state index in [1.807, 2.05) is 0 Å². The molecule has 3 aliphatic rings. The minimum Gasteiger partial charge on any atom is -0.0654 e. The van der Waals surface area contributed by atoms with Crippen LogP contribution in [0.1, 0.15) is 123 Å². The van der Waals surface area contributed by atoms with E-state index < -0.39 is 0 Å². The van der Waals surface area contributed by atoms with E-state index in [2.05, 4.69) is 13.8 Å². The number of hydrogen-bond acceptors (Lipinski definition) is 0. The van der Waals surface area contributed by atoms with Gasteiger partial charge in [0.15, 0.2) is 0 Å². The molecule has 0 spiro atoms. The number of rotatable bonds is 7. The number of unbranched alkanes of at least 4 members (excludes halogenated alkanes) is 2. The minimum atomic E-state index is 1.07. The van der Waals surface area contributed by atoms with Gasteiger partial charge in [0.05, 0.1) is 0 Å². The highest BCUT2D eigenvalue weighted by Gasteiger charge is 2.34. The zero-order valence-corrected chi connectivity index (χ0v) is 17.5. The maximum Gasteiger partial charge on any atom is -0.0383 e. The van der Waals surface area contributed by atoms with Gasteiger partial charge < -0.3 is 0 Å². The van der Waals surface area contributed by atoms with Crippen molar-refractivity contribution in [2.45, 2.75) is 123 Å². The lowest BCUT2D eigenvalue weighted by Gasteiger charge is -2.41. The number of hydrogen-bond donors (Lipinski definition) is 0. The molecule has 3 rings (SSSR count). The molecule has 0 heteroatoms. The lowest BCUT2D eigenvalue weighted by molar-refractivity contribution is 0.0992. The molecule has 25 heavy (non-hydrogen) atoms. The molecule has 0 aromatic carbocycles. The summed E-state index contributed by atoms with van der Waals surface area (Å²) >= 11 is 0. The second kappa shape index (κ2) is 10.4. The summed E-state index contributed by atoms with van der Waals surface area (Å²) in [6, 6.07) is 0. The fraction of sp³-hybridized carbons (Fsp3) is 1.00. The van der Waals surface area contributed by atoms with Gasteiger partial charge in [-0.1, -0.05) is 78.1 Å². The van der Waals surface area contributed by atoms with Crippen molar-refractivity contribution in [3.8, 4) is 0 Å². The summed E-state index contributed by atoms with van der Waals surface area (Å²) in [5.74, 6) is 6.59. The van der Waals surface area contributed by atoms with Crippen molar-refractivity contribution in [3.05, 3.63) is 0 Å². The fourth-order valence-electron chi connectivity index (χ4n) is 6.85. The summed E-state index contributed by atoms with van der Waals surface area (Å²) in [6.07, 6.45) is 26.2. The normalized spacial score (nSPS) is 40.1. The molecular weight excluding hydrogens is 300 g/mol. The Bertz CT molecular complexity index is 343. The summed E-state index contributed by atoms with van der Waals surface area (Å²) in [5.41, 5.74) is 0. The summed E-state index contributed by atoms with van der Waals surface area (Å²) < 4.78 is 0. The Labute approximate surface area is 158 Å². The van der Waals surface area contributed by atoms with Gasteiger partial charge in [0.2, 0.25) is 0 Å². The van der Waals surface area contributed by atoms with Crippen LogP contribution in [0.4, 0.5) is 0 Å². The molecule has 0 saturated heterocycles. The zero-order valence-electron chi connectivity index (χ0n) is 17.5. The average Bonchev–Trinajstić information content (AvgIpc) is 2.69. The molecule has 0 nitrogen and oxygen atoms in total. The Morgan fingerprint density at radius 2 is 1.16 bits per heavy atom. The molecule has 3 aliphatic carbocycles. The van der Waals surface area contributed by atoms with Crippen LogP contribution in [-0.4, -0.2) is 0 Å². The van der Waals surface area contributed by atoms with Crippen LogP contribution in [0.25, 0.3) is 0 Å². The van der Waals surface area contributed by atoms with Gasteiger partial charge in [-0.25, -0.2) is 0 Å². The summed E-state index contributed by atoms with van der Waals surface area (Å²) in [6.45, 7) is 4.76. The standard InChI is InChI=1S/C25H46/c1-3-5-6-8-21-11-13-22(14-12-21)23-15-17-24(18-16-23)25-10-7-9-20(4-2)19-25/h20-25H,3-19H2,1-2H3/t20-,21-,22-,23?,24?,25+/m0/s1. The lowest BCUT2D eigenvalue weighted by atomic mass is 9.64. The van der Waals surface area contributed by atoms with Gasteiger partial charge in [0.1, 0.15) is 0 Å². The average molecular weight is 347 g/mol. The molecule has 2 atom stereocenters. The van der Waals surface area contributed by atoms with Crippen LogP contribution in [0.3, 0.4) is 0 Å². The molecule has 3 fully saturated rings. The lowest BCUT2D eigenvalue weighted by Crippen LogP contribution is -2.30. The summed E-state index contributed by atoms with van der Waals surface area (Å²) in [5, 5.41) is 0. The van der Waals surface area contributed by atoms with Crippen LogP contribution in [0.15, 0.2) is 0 Å². The van der Waals surface area contributed by atoms with Gasteiger partial charge in [0.25, 0.3) is 0 Å². The zero-order chi connectivity index (χ0) is 17.5. The second-order valence-corrected chi connectivity index (χ2v) is 10.2. The van der Waals surface area contributed by atoms with Gasteiger partial charge in [-0.2, -0.15) is 0 Å². The highest BCUT2D eigenvalue weighted by atomic mass is 14.4. The van der Waals surface area contributed by atoms with Crippen molar-refractivity contribution in [3.63, 3.8) is 0 Å². The monoisotopic (exact) mass is 346 g/mol. The SMILES string of the molecule is CCCCC[C@H]1CC[C@H](C2CCC([C@@H]3CCC[C@H](CC)C3)CC2)CC1. The van der Waals surface area contributed by atoms with Crippen molar-refractivity contribution in [2.75, 3.05) is 0 Å². The van der Waals surface area contributed by atoms with Crippen molar-refractivity contribution in [1.29, 1.82) is 0 Å². The quantitative estimate of drug-likeness (QED) is 0.406. The first-order valence-electron chi connectivity index (χ1n) is 12.3. The highest BCUT2D eigenvalue weighted by Crippen LogP contribution is 2.46. The molecule has 0 aliphatic heterocycles. The van der Waals surface area contributed by atoms with Crippen molar-refractivity contribution in [1.82, 2.24) is 0 Å². The van der Waals surface area contributed by atoms with Gasteiger partial charge in [-0.05, 0) is 80.5 Å². The van der Waals surface area contributed by atoms with E-state index in [1.165, 1.54) is 44.9 Å². The van der Waals surface area contributed by atoms with Crippen LogP contribution in [-0.2, 0) is 0 Å². The fourth-order valence-corrected chi connectivity index (χ4v) is 6.85. The van der Waals surface area contributed by atoms with Crippen LogP contribution in [0, 0.1) is 35.5 Å². The molecule has 0 N–H and O–H groups in total. The van der Waals surface area contributed by atoms with Gasteiger partial charge in [0, 0.05) is 0 Å². The maximum absolute atomic E-state index is 2.42. The van der Waals surface area contributed by atoms with Gasteiger partial charge in [-0.15, -0.1) is 0 Å². The Hall–Kier alpha value is 0. The van der Waals surface area contributed by atoms with Crippen molar-refractivity contribution >= 4 is 0 Å². The molecule has 0 unspecified atom stereocenters. The largest absolute Gasteiger partial charge is 0.0654 e. The van der Waals surface area contributed by atoms with Gasteiger partial charge in [-0.3, -0.25) is 0 Å². The van der Waals surface area contributed by atoms with Crippen molar-refractivity contribution < 1.29 is 0 Å². The summed E-state index contributed by atoms with van der Waals surface area (Å²) in [7, 11) is 0. The van der Waals surface area contributed by atoms with E-state index in [4.69, 9.17) is 0 Å². The van der Waals surface area contributed by atoms with Crippen molar-refractivity contribution in [2.24, 2.45) is 35.5 Å². The van der Waals surface area contributed by atoms with Crippen LogP contribution >= 0.6 is 0 Å². The molecule has 0 radical (unpaired) electrons. The molecular formula is C25H46. The molecule has 3 saturated carbocycles. The summed E-state index contributed by atoms with van der Waals surface area (Å²) in [4.78, 5) is 0. The predicted octanol–water partition coefficient (Wildman–Crippen LogP) is 8.40. The van der Waals surface area contributed by atoms with Crippen LogP contribution in [0.5, 0.6) is 0 Å². The first kappa shape index (κ1) is 19.8. The highest BCUT2D eigenvalue weighted by molar-refractivity contribution is 4.86. The molecule has 0 aromatic rings. The first-order chi connectivity index (χ1) is 12.3. The molecule has 0 heterocycles. The molecule has 146 valence electrons. The molecule has 0 amide bonds. The Morgan fingerprint density at radius 3 is 1.76 bits per heavy atom. The third-order valence-corrected chi connectivity index (χ3v) is 8.66. The first-order valence-corrected chi connectivity index (χ1v) is 12.3.